The number of carbonyl (C=O) groups excluding carboxylic acids is 1. The third kappa shape index (κ3) is 2.70. The molecular weight excluding hydrogens is 379 g/mol. The molecule has 0 amide bonds. The summed E-state index contributed by atoms with van der Waals surface area (Å²) in [5, 5.41) is 11.3. The topological polar surface area (TPSA) is 46.5 Å². The Morgan fingerprint density at radius 2 is 1.70 bits per heavy atom. The van der Waals surface area contributed by atoms with E-state index >= 15 is 0 Å². The van der Waals surface area contributed by atoms with E-state index in [9.17, 15) is 14.3 Å². The molecule has 5 atom stereocenters. The Hall–Kier alpha value is -2.46. The van der Waals surface area contributed by atoms with E-state index in [-0.39, 0.29) is 47.3 Å². The van der Waals surface area contributed by atoms with Crippen molar-refractivity contribution in [1.29, 1.82) is 0 Å². The lowest BCUT2D eigenvalue weighted by molar-refractivity contribution is -0.118. The number of halogens is 1. The van der Waals surface area contributed by atoms with Crippen molar-refractivity contribution in [2.45, 2.75) is 58.2 Å². The lowest BCUT2D eigenvalue weighted by Gasteiger charge is -2.27. The summed E-state index contributed by atoms with van der Waals surface area (Å²) in [6, 6.07) is 10.8. The Bertz CT molecular complexity index is 1030. The molecule has 156 valence electrons. The number of hydrogen-bond acceptors (Lipinski definition) is 3. The number of aliphatic hydroxyl groups excluding tert-OH is 1. The van der Waals surface area contributed by atoms with Crippen molar-refractivity contribution >= 4 is 11.4 Å². The van der Waals surface area contributed by atoms with Crippen LogP contribution in [-0.4, -0.2) is 23.1 Å². The maximum absolute atomic E-state index is 13.5. The van der Waals surface area contributed by atoms with E-state index in [0.717, 1.165) is 41.5 Å². The van der Waals surface area contributed by atoms with Crippen molar-refractivity contribution in [2.24, 2.45) is 11.8 Å². The minimum Gasteiger partial charge on any atom is -0.511 e. The molecule has 3 aliphatic rings. The maximum Gasteiger partial charge on any atom is 0.173 e. The molecule has 2 heterocycles. The van der Waals surface area contributed by atoms with Gasteiger partial charge in [0.2, 0.25) is 0 Å². The second kappa shape index (κ2) is 7.05. The first kappa shape index (κ1) is 19.5. The lowest BCUT2D eigenvalue weighted by atomic mass is 9.72. The number of hydrogen-bond donors (Lipinski definition) is 1. The van der Waals surface area contributed by atoms with Gasteiger partial charge in [0.05, 0.1) is 29.6 Å². The average Bonchev–Trinajstić information content (AvgIpc) is 3.40. The molecule has 2 fully saturated rings. The van der Waals surface area contributed by atoms with Gasteiger partial charge in [-0.25, -0.2) is 4.39 Å². The fourth-order valence-corrected chi connectivity index (χ4v) is 5.96. The normalized spacial score (nSPS) is 29.7. The van der Waals surface area contributed by atoms with Gasteiger partial charge in [0, 0.05) is 5.92 Å². The monoisotopic (exact) mass is 406 g/mol. The zero-order valence-electron chi connectivity index (χ0n) is 17.6. The highest BCUT2D eigenvalue weighted by Gasteiger charge is 2.62. The van der Waals surface area contributed by atoms with Crippen molar-refractivity contribution in [3.05, 3.63) is 75.8 Å². The first-order valence-electron chi connectivity index (χ1n) is 11.0. The number of ketones is 1. The highest BCUT2D eigenvalue weighted by Crippen LogP contribution is 2.58. The molecule has 0 radical (unpaired) electrons. The van der Waals surface area contributed by atoms with Gasteiger partial charge in [-0.1, -0.05) is 43.7 Å². The molecule has 2 aliphatic heterocycles. The molecule has 1 aliphatic carbocycles. The predicted molar refractivity (Wildman–Crippen MR) is 114 cm³/mol. The Balaban J connectivity index is 1.59. The highest BCUT2D eigenvalue weighted by molar-refractivity contribution is 6.26. The molecule has 0 spiro atoms. The van der Waals surface area contributed by atoms with Gasteiger partial charge in [-0.15, -0.1) is 0 Å². The molecule has 0 saturated carbocycles. The molecule has 4 heteroatoms. The lowest BCUT2D eigenvalue weighted by Crippen LogP contribution is -2.33. The van der Waals surface area contributed by atoms with E-state index < -0.39 is 0 Å². The summed E-state index contributed by atoms with van der Waals surface area (Å²) in [5.74, 6) is -0.594. The Kier molecular flexibility index (Phi) is 4.59. The van der Waals surface area contributed by atoms with Crippen LogP contribution in [0.5, 0.6) is 0 Å². The minimum atomic E-state index is -0.308. The van der Waals surface area contributed by atoms with E-state index in [1.807, 2.05) is 0 Å². The van der Waals surface area contributed by atoms with Gasteiger partial charge in [0.25, 0.3) is 0 Å². The van der Waals surface area contributed by atoms with Crippen LogP contribution in [0.1, 0.15) is 54.0 Å². The van der Waals surface area contributed by atoms with Crippen LogP contribution in [0.3, 0.4) is 0 Å². The van der Waals surface area contributed by atoms with Crippen LogP contribution in [0.4, 0.5) is 4.39 Å². The second-order valence-electron chi connectivity index (χ2n) is 8.87. The Labute approximate surface area is 176 Å². The summed E-state index contributed by atoms with van der Waals surface area (Å²) in [6.07, 6.45) is 1.92. The summed E-state index contributed by atoms with van der Waals surface area (Å²) in [5.41, 5.74) is 5.86. The zero-order chi connectivity index (χ0) is 21.2. The number of benzene rings is 2. The van der Waals surface area contributed by atoms with Crippen molar-refractivity contribution in [1.82, 2.24) is 0 Å². The molecule has 3 nitrogen and oxygen atoms in total. The molecule has 2 unspecified atom stereocenters. The van der Waals surface area contributed by atoms with E-state index in [1.54, 1.807) is 12.1 Å². The highest BCUT2D eigenvalue weighted by atomic mass is 19.1. The van der Waals surface area contributed by atoms with Gasteiger partial charge in [0.1, 0.15) is 11.6 Å². The maximum atomic E-state index is 13.5. The number of Topliss-reactive ketones (excluding diaryl/α,β-unsaturated/α-hetero) is 1. The van der Waals surface area contributed by atoms with Crippen LogP contribution in [-0.2, 0) is 22.4 Å². The van der Waals surface area contributed by atoms with Crippen LogP contribution in [0, 0.1) is 24.6 Å². The van der Waals surface area contributed by atoms with Crippen molar-refractivity contribution in [2.75, 3.05) is 0 Å². The van der Waals surface area contributed by atoms with Crippen molar-refractivity contribution < 1.29 is 19.0 Å². The van der Waals surface area contributed by atoms with Gasteiger partial charge < -0.3 is 9.84 Å². The summed E-state index contributed by atoms with van der Waals surface area (Å²) >= 11 is 0. The van der Waals surface area contributed by atoms with Crippen molar-refractivity contribution in [3.63, 3.8) is 0 Å². The van der Waals surface area contributed by atoms with Crippen molar-refractivity contribution in [3.8, 4) is 0 Å². The Morgan fingerprint density at radius 1 is 1.07 bits per heavy atom. The largest absolute Gasteiger partial charge is 0.511 e. The van der Waals surface area contributed by atoms with Gasteiger partial charge in [-0.05, 0) is 60.6 Å². The zero-order valence-corrected chi connectivity index (χ0v) is 17.6. The number of carbonyl (C=O) groups is 1. The van der Waals surface area contributed by atoms with Crippen LogP contribution in [0.25, 0.3) is 5.57 Å². The minimum absolute atomic E-state index is 0.0239. The molecule has 2 aromatic rings. The first-order chi connectivity index (χ1) is 14.4. The van der Waals surface area contributed by atoms with Gasteiger partial charge in [-0.3, -0.25) is 4.79 Å². The van der Waals surface area contributed by atoms with E-state index in [1.165, 1.54) is 17.7 Å². The third-order valence-corrected chi connectivity index (χ3v) is 7.23. The molecule has 2 aromatic carbocycles. The number of aryl methyl sites for hydroxylation is 3. The average molecular weight is 406 g/mol. The molecule has 2 bridgehead atoms. The molecule has 5 rings (SSSR count). The SMILES string of the molecule is CCc1cc(C)cc(CC)c1C1=C(O)[C@@H]2C3O[C@@H](CC3c3ccc(F)cc3)[C@@H]2C1=O. The predicted octanol–water partition coefficient (Wildman–Crippen LogP) is 5.30. The molecule has 0 aromatic heterocycles. The molecule has 1 N–H and O–H groups in total. The Morgan fingerprint density at radius 3 is 2.30 bits per heavy atom. The number of allylic oxidation sites excluding steroid dienone is 1. The summed E-state index contributed by atoms with van der Waals surface area (Å²) < 4.78 is 19.6. The van der Waals surface area contributed by atoms with Gasteiger partial charge >= 0.3 is 0 Å². The number of fused-ring (bicyclic) bond motifs is 5. The fraction of sp³-hybridized carbons (Fsp3) is 0.423. The fourth-order valence-electron chi connectivity index (χ4n) is 5.96. The standard InChI is InChI=1S/C26H27FO3/c1-4-14-10-13(3)11-15(5-2)20(14)22-24(28)21-19-12-18(16-6-8-17(27)9-7-16)26(30-19)23(21)25(22)29/h6-11,18-19,21,23,26,29H,4-5,12H2,1-3H3/t18?,19-,21-,23+,26?/m0/s1. The van der Waals surface area contributed by atoms with Gasteiger partial charge in [-0.2, -0.15) is 0 Å². The smallest absolute Gasteiger partial charge is 0.173 e. The van der Waals surface area contributed by atoms with E-state index in [4.69, 9.17) is 4.74 Å². The quantitative estimate of drug-likeness (QED) is 0.750. The van der Waals surface area contributed by atoms with E-state index in [0.29, 0.717) is 5.57 Å². The summed E-state index contributed by atoms with van der Waals surface area (Å²) in [4.78, 5) is 13.5. The third-order valence-electron chi connectivity index (χ3n) is 7.23. The summed E-state index contributed by atoms with van der Waals surface area (Å²) in [6.45, 7) is 6.25. The number of rotatable bonds is 4. The van der Waals surface area contributed by atoms with Gasteiger partial charge in [0.15, 0.2) is 5.78 Å². The van der Waals surface area contributed by atoms with E-state index in [2.05, 4.69) is 32.9 Å². The molecule has 30 heavy (non-hydrogen) atoms. The van der Waals surface area contributed by atoms with Crippen LogP contribution >= 0.6 is 0 Å². The summed E-state index contributed by atoms with van der Waals surface area (Å²) in [7, 11) is 0. The second-order valence-corrected chi connectivity index (χ2v) is 8.87. The number of ether oxygens (including phenoxy) is 1. The molecular formula is C26H27FO3. The van der Waals surface area contributed by atoms with Crippen LogP contribution < -0.4 is 0 Å². The van der Waals surface area contributed by atoms with Crippen LogP contribution in [0.15, 0.2) is 42.2 Å². The van der Waals surface area contributed by atoms with Crippen LogP contribution in [0.2, 0.25) is 0 Å². The number of aliphatic hydroxyl groups is 1. The molecule has 2 saturated heterocycles. The first-order valence-corrected chi connectivity index (χ1v) is 11.0.